The number of fused-ring (bicyclic) bond motifs is 4. The molecule has 0 radical (unpaired) electrons. The summed E-state index contributed by atoms with van der Waals surface area (Å²) in [5, 5.41) is 10.1. The lowest BCUT2D eigenvalue weighted by Crippen LogP contribution is -2.36. The van der Waals surface area contributed by atoms with Gasteiger partial charge in [-0.1, -0.05) is 36.4 Å². The highest BCUT2D eigenvalue weighted by atomic mass is 19.1. The van der Waals surface area contributed by atoms with Crippen LogP contribution in [0.25, 0.3) is 10.9 Å². The van der Waals surface area contributed by atoms with Crippen molar-refractivity contribution in [2.75, 3.05) is 25.2 Å². The van der Waals surface area contributed by atoms with Gasteiger partial charge in [0.15, 0.2) is 11.9 Å². The van der Waals surface area contributed by atoms with Crippen LogP contribution >= 0.6 is 0 Å². The Labute approximate surface area is 158 Å². The van der Waals surface area contributed by atoms with Crippen LogP contribution in [0.4, 0.5) is 10.1 Å². The Morgan fingerprint density at radius 3 is 2.70 bits per heavy atom. The average molecular weight is 368 g/mol. The molecule has 2 atom stereocenters. The topological polar surface area (TPSA) is 37.6 Å². The summed E-state index contributed by atoms with van der Waals surface area (Å²) in [6.45, 7) is 0.730. The predicted octanol–water partition coefficient (Wildman–Crippen LogP) is 3.76. The van der Waals surface area contributed by atoms with Crippen LogP contribution in [-0.4, -0.2) is 36.2 Å². The number of halogens is 1. The van der Waals surface area contributed by atoms with E-state index in [9.17, 15) is 4.39 Å². The third-order valence-corrected chi connectivity index (χ3v) is 5.58. The van der Waals surface area contributed by atoms with Crippen LogP contribution in [0, 0.1) is 0 Å². The number of likely N-dealkylation sites (N-methyl/N-ethyl adjacent to an activating group) is 1. The van der Waals surface area contributed by atoms with E-state index in [1.165, 1.54) is 16.5 Å². The molecule has 1 fully saturated rings. The van der Waals surface area contributed by atoms with Crippen molar-refractivity contribution >= 4 is 16.6 Å². The molecule has 2 aliphatic heterocycles. The maximum atomic E-state index is 14.6. The summed E-state index contributed by atoms with van der Waals surface area (Å²) < 4.78 is 22.1. The van der Waals surface area contributed by atoms with Crippen molar-refractivity contribution in [3.8, 4) is 0 Å². The van der Waals surface area contributed by atoms with E-state index in [2.05, 4.69) is 22.9 Å². The fraction of sp³-hybridized carbons (Fsp3) is 0.364. The number of aliphatic hydroxyl groups is 1. The number of aryl methyl sites for hydroxylation is 1. The molecule has 3 aromatic rings. The van der Waals surface area contributed by atoms with Crippen molar-refractivity contribution in [3.63, 3.8) is 0 Å². The van der Waals surface area contributed by atoms with Gasteiger partial charge in [-0.3, -0.25) is 0 Å². The first-order valence-corrected chi connectivity index (χ1v) is 9.33. The molecule has 27 heavy (non-hydrogen) atoms. The molecule has 2 aliphatic rings. The third kappa shape index (κ3) is 2.91. The lowest BCUT2D eigenvalue weighted by atomic mass is 9.95. The van der Waals surface area contributed by atoms with Crippen LogP contribution in [0.3, 0.4) is 0 Å². The number of aliphatic hydroxyl groups excluding tert-OH is 1. The lowest BCUT2D eigenvalue weighted by Gasteiger charge is -2.23. The Hall–Kier alpha value is -2.37. The molecule has 0 amide bonds. The zero-order chi connectivity index (χ0) is 19.0. The molecule has 0 spiro atoms. The van der Waals surface area contributed by atoms with E-state index < -0.39 is 11.9 Å². The summed E-state index contributed by atoms with van der Waals surface area (Å²) in [5.74, 6) is 0. The summed E-state index contributed by atoms with van der Waals surface area (Å²) in [5.41, 5.74) is 2.90. The van der Waals surface area contributed by atoms with Crippen molar-refractivity contribution < 1.29 is 14.2 Å². The smallest absolute Gasteiger partial charge is 0.184 e. The van der Waals surface area contributed by atoms with Crippen LogP contribution in [-0.2, 0) is 23.9 Å². The molecule has 1 aromatic heterocycles. The second kappa shape index (κ2) is 6.98. The van der Waals surface area contributed by atoms with Crippen LogP contribution < -0.4 is 4.90 Å². The number of hydrogen-bond donors (Lipinski definition) is 1. The Morgan fingerprint density at radius 2 is 1.89 bits per heavy atom. The maximum absolute atomic E-state index is 14.6. The number of benzene rings is 2. The highest BCUT2D eigenvalue weighted by molar-refractivity contribution is 5.83. The molecule has 5 rings (SSSR count). The molecular weight excluding hydrogens is 343 g/mol. The SMILES string of the molecule is CN1c2ccccc2C2(F)CCOC12.Cn1cc(CCO)c2ccccc21. The number of anilines is 1. The number of para-hydroxylation sites is 2. The number of ether oxygens (including phenoxy) is 1. The fourth-order valence-corrected chi connectivity index (χ4v) is 4.27. The summed E-state index contributed by atoms with van der Waals surface area (Å²) in [4.78, 5) is 1.89. The standard InChI is InChI=1S/C11H12FNO.C11H13NO/c1-13-9-5-3-2-4-8(9)11(12)6-7-14-10(11)13;1-12-8-9(6-7-13)10-4-2-3-5-11(10)12/h2-5,10H,6-7H2,1H3;2-5,8,13H,6-7H2,1H3. The van der Waals surface area contributed by atoms with Gasteiger partial charge >= 0.3 is 0 Å². The average Bonchev–Trinajstić information content (AvgIpc) is 3.29. The number of alkyl halides is 1. The van der Waals surface area contributed by atoms with Crippen LogP contribution in [0.2, 0.25) is 0 Å². The molecule has 2 aromatic carbocycles. The number of nitrogens with zero attached hydrogens (tertiary/aromatic N) is 2. The molecule has 1 saturated heterocycles. The van der Waals surface area contributed by atoms with Gasteiger partial charge in [-0.05, 0) is 24.1 Å². The van der Waals surface area contributed by atoms with E-state index in [1.807, 2.05) is 55.4 Å². The van der Waals surface area contributed by atoms with Crippen LogP contribution in [0.1, 0.15) is 17.5 Å². The summed E-state index contributed by atoms with van der Waals surface area (Å²) in [6, 6.07) is 15.9. The molecule has 1 N–H and O–H groups in total. The normalized spacial score (nSPS) is 23.1. The highest BCUT2D eigenvalue weighted by Gasteiger charge is 2.54. The molecular formula is C22H25FN2O2. The summed E-state index contributed by atoms with van der Waals surface area (Å²) in [7, 11) is 3.92. The Morgan fingerprint density at radius 1 is 1.15 bits per heavy atom. The molecule has 4 nitrogen and oxygen atoms in total. The van der Waals surface area contributed by atoms with Gasteiger partial charge < -0.3 is 19.3 Å². The minimum atomic E-state index is -1.29. The molecule has 0 aliphatic carbocycles. The summed E-state index contributed by atoms with van der Waals surface area (Å²) >= 11 is 0. The van der Waals surface area contributed by atoms with E-state index >= 15 is 0 Å². The zero-order valence-electron chi connectivity index (χ0n) is 15.7. The van der Waals surface area contributed by atoms with Crippen molar-refractivity contribution in [3.05, 3.63) is 65.9 Å². The van der Waals surface area contributed by atoms with Crippen molar-refractivity contribution in [2.24, 2.45) is 7.05 Å². The third-order valence-electron chi connectivity index (χ3n) is 5.58. The van der Waals surface area contributed by atoms with Gasteiger partial charge in [-0.2, -0.15) is 0 Å². The second-order valence-corrected chi connectivity index (χ2v) is 7.22. The molecule has 2 unspecified atom stereocenters. The number of hydrogen-bond acceptors (Lipinski definition) is 3. The minimum Gasteiger partial charge on any atom is -0.396 e. The Bertz CT molecular complexity index is 954. The molecule has 3 heterocycles. The zero-order valence-corrected chi connectivity index (χ0v) is 15.7. The molecule has 0 saturated carbocycles. The first-order valence-electron chi connectivity index (χ1n) is 9.33. The largest absolute Gasteiger partial charge is 0.396 e. The molecule has 5 heteroatoms. The van der Waals surface area contributed by atoms with Crippen LogP contribution in [0.5, 0.6) is 0 Å². The van der Waals surface area contributed by atoms with E-state index in [-0.39, 0.29) is 6.61 Å². The maximum Gasteiger partial charge on any atom is 0.184 e. The highest BCUT2D eigenvalue weighted by Crippen LogP contribution is 2.51. The van der Waals surface area contributed by atoms with Gasteiger partial charge in [0.05, 0.1) is 6.61 Å². The Balaban J connectivity index is 0.000000134. The van der Waals surface area contributed by atoms with E-state index in [0.29, 0.717) is 13.0 Å². The minimum absolute atomic E-state index is 0.216. The van der Waals surface area contributed by atoms with Crippen LogP contribution in [0.15, 0.2) is 54.7 Å². The second-order valence-electron chi connectivity index (χ2n) is 7.22. The number of aromatic nitrogens is 1. The van der Waals surface area contributed by atoms with Crippen molar-refractivity contribution in [1.29, 1.82) is 0 Å². The Kier molecular flexibility index (Phi) is 4.66. The quantitative estimate of drug-likeness (QED) is 0.748. The van der Waals surface area contributed by atoms with Gasteiger partial charge in [0, 0.05) is 55.5 Å². The molecule has 142 valence electrons. The van der Waals surface area contributed by atoms with Gasteiger partial charge in [-0.15, -0.1) is 0 Å². The van der Waals surface area contributed by atoms with Crippen molar-refractivity contribution in [2.45, 2.75) is 24.7 Å². The molecule has 0 bridgehead atoms. The van der Waals surface area contributed by atoms with Gasteiger partial charge in [0.1, 0.15) is 0 Å². The van der Waals surface area contributed by atoms with Gasteiger partial charge in [0.2, 0.25) is 0 Å². The fourth-order valence-electron chi connectivity index (χ4n) is 4.27. The van der Waals surface area contributed by atoms with E-state index in [4.69, 9.17) is 9.84 Å². The predicted molar refractivity (Wildman–Crippen MR) is 106 cm³/mol. The van der Waals surface area contributed by atoms with E-state index in [1.54, 1.807) is 0 Å². The first-order chi connectivity index (χ1) is 13.1. The van der Waals surface area contributed by atoms with Gasteiger partial charge in [-0.25, -0.2) is 4.39 Å². The van der Waals surface area contributed by atoms with E-state index in [0.717, 1.165) is 17.7 Å². The number of rotatable bonds is 2. The first kappa shape index (κ1) is 18.0. The monoisotopic (exact) mass is 368 g/mol. The van der Waals surface area contributed by atoms with Gasteiger partial charge in [0.25, 0.3) is 0 Å². The lowest BCUT2D eigenvalue weighted by molar-refractivity contribution is 0.0341. The summed E-state index contributed by atoms with van der Waals surface area (Å²) in [6.07, 6.45) is 2.88. The van der Waals surface area contributed by atoms with Crippen molar-refractivity contribution in [1.82, 2.24) is 4.57 Å².